The molecule has 2 aromatic heterocycles. The zero-order valence-corrected chi connectivity index (χ0v) is 13.8. The van der Waals surface area contributed by atoms with E-state index in [9.17, 15) is 0 Å². The predicted octanol–water partition coefficient (Wildman–Crippen LogP) is 2.72. The number of rotatable bonds is 6. The van der Waals surface area contributed by atoms with Crippen LogP contribution in [0.15, 0.2) is 53.2 Å². The Balaban J connectivity index is 1.56. The second kappa shape index (κ2) is 6.82. The molecule has 4 rings (SSSR count). The summed E-state index contributed by atoms with van der Waals surface area (Å²) in [5.41, 5.74) is 1.75. The van der Waals surface area contributed by atoms with Crippen LogP contribution in [-0.2, 0) is 17.7 Å². The van der Waals surface area contributed by atoms with Gasteiger partial charge in [-0.25, -0.2) is 4.68 Å². The number of hydrogen-bond acceptors (Lipinski definition) is 6. The van der Waals surface area contributed by atoms with Crippen molar-refractivity contribution in [2.45, 2.75) is 13.0 Å². The summed E-state index contributed by atoms with van der Waals surface area (Å²) in [4.78, 5) is 4.31. The minimum Gasteiger partial charge on any atom is -0.384 e. The first-order valence-corrected chi connectivity index (χ1v) is 8.02. The highest BCUT2D eigenvalue weighted by Gasteiger charge is 2.13. The quantitative estimate of drug-likeness (QED) is 0.539. The molecule has 0 saturated carbocycles. The Bertz CT molecular complexity index is 986. The minimum atomic E-state index is 0.371. The van der Waals surface area contributed by atoms with Crippen LogP contribution in [0.25, 0.3) is 22.4 Å². The van der Waals surface area contributed by atoms with Gasteiger partial charge in [-0.3, -0.25) is 0 Å². The summed E-state index contributed by atoms with van der Waals surface area (Å²) in [7, 11) is 1.64. The molecule has 2 heterocycles. The topological polar surface area (TPSA) is 78.9 Å². The van der Waals surface area contributed by atoms with Crippen molar-refractivity contribution in [3.8, 4) is 11.6 Å². The number of nitrogens with zero attached hydrogens (tertiary/aromatic N) is 5. The van der Waals surface area contributed by atoms with Gasteiger partial charge in [0.25, 0.3) is 5.89 Å². The molecule has 7 nitrogen and oxygen atoms in total. The van der Waals surface area contributed by atoms with Gasteiger partial charge >= 0.3 is 0 Å². The molecule has 0 aliphatic carbocycles. The maximum absolute atomic E-state index is 5.25. The average Bonchev–Trinajstić information content (AvgIpc) is 3.29. The normalized spacial score (nSPS) is 11.2. The van der Waals surface area contributed by atoms with Crippen molar-refractivity contribution in [2.24, 2.45) is 0 Å². The zero-order chi connectivity index (χ0) is 17.1. The van der Waals surface area contributed by atoms with Crippen molar-refractivity contribution in [1.29, 1.82) is 0 Å². The third-order valence-electron chi connectivity index (χ3n) is 3.97. The molecule has 7 heteroatoms. The highest BCUT2D eigenvalue weighted by atomic mass is 16.5. The molecule has 25 heavy (non-hydrogen) atoms. The lowest BCUT2D eigenvalue weighted by Crippen LogP contribution is -2.01. The molecule has 0 bridgehead atoms. The van der Waals surface area contributed by atoms with Gasteiger partial charge in [-0.05, 0) is 16.3 Å². The number of benzene rings is 2. The van der Waals surface area contributed by atoms with Gasteiger partial charge in [-0.2, -0.15) is 4.98 Å². The first-order valence-electron chi connectivity index (χ1n) is 8.02. The smallest absolute Gasteiger partial charge is 0.280 e. The second-order valence-corrected chi connectivity index (χ2v) is 5.70. The minimum absolute atomic E-state index is 0.371. The van der Waals surface area contributed by atoms with E-state index in [0.717, 1.165) is 0 Å². The Morgan fingerprint density at radius 2 is 2.00 bits per heavy atom. The van der Waals surface area contributed by atoms with Gasteiger partial charge in [0.15, 0.2) is 11.5 Å². The van der Waals surface area contributed by atoms with Crippen LogP contribution in [0.1, 0.15) is 11.4 Å². The lowest BCUT2D eigenvalue weighted by Gasteiger charge is -2.05. The van der Waals surface area contributed by atoms with Crippen molar-refractivity contribution in [3.63, 3.8) is 0 Å². The molecule has 0 unspecified atom stereocenters. The van der Waals surface area contributed by atoms with Gasteiger partial charge in [-0.1, -0.05) is 52.8 Å². The van der Waals surface area contributed by atoms with E-state index in [0.29, 0.717) is 37.0 Å². The lowest BCUT2D eigenvalue weighted by atomic mass is 10.0. The van der Waals surface area contributed by atoms with E-state index >= 15 is 0 Å². The molecule has 4 aromatic rings. The molecule has 126 valence electrons. The summed E-state index contributed by atoms with van der Waals surface area (Å²) >= 11 is 0. The van der Waals surface area contributed by atoms with Gasteiger partial charge in [0, 0.05) is 13.5 Å². The Labute approximate surface area is 144 Å². The molecule has 0 spiro atoms. The molecule has 0 radical (unpaired) electrons. The molecule has 0 fully saturated rings. The second-order valence-electron chi connectivity index (χ2n) is 5.70. The molecular formula is C18H17N5O2. The molecule has 0 aliphatic rings. The van der Waals surface area contributed by atoms with Crippen LogP contribution in [0, 0.1) is 0 Å². The molecule has 2 aromatic carbocycles. The number of methoxy groups -OCH3 is 1. The molecule has 0 atom stereocenters. The zero-order valence-electron chi connectivity index (χ0n) is 13.8. The predicted molar refractivity (Wildman–Crippen MR) is 91.9 cm³/mol. The molecule has 0 saturated heterocycles. The van der Waals surface area contributed by atoms with E-state index < -0.39 is 0 Å². The maximum atomic E-state index is 5.25. The summed E-state index contributed by atoms with van der Waals surface area (Å²) in [5, 5.41) is 14.7. The Kier molecular flexibility index (Phi) is 4.22. The first kappa shape index (κ1) is 15.5. The van der Waals surface area contributed by atoms with Crippen LogP contribution >= 0.6 is 0 Å². The molecule has 0 aliphatic heterocycles. The molecule has 0 amide bonds. The van der Waals surface area contributed by atoms with E-state index in [1.807, 2.05) is 18.3 Å². The van der Waals surface area contributed by atoms with Crippen molar-refractivity contribution in [1.82, 2.24) is 25.1 Å². The third kappa shape index (κ3) is 3.27. The monoisotopic (exact) mass is 335 g/mol. The summed E-state index contributed by atoms with van der Waals surface area (Å²) < 4.78 is 12.0. The largest absolute Gasteiger partial charge is 0.384 e. The standard InChI is InChI=1S/C18H17N5O2/c1-24-10-9-17-19-18(25-21-17)16-12-23(22-20-16)11-14-7-4-6-13-5-2-3-8-15(13)14/h2-8,12H,9-11H2,1H3. The summed E-state index contributed by atoms with van der Waals surface area (Å²) in [6, 6.07) is 14.5. The molecular weight excluding hydrogens is 318 g/mol. The molecule has 0 N–H and O–H groups in total. The van der Waals surface area contributed by atoms with Gasteiger partial charge in [-0.15, -0.1) is 5.10 Å². The van der Waals surface area contributed by atoms with Crippen LogP contribution in [0.5, 0.6) is 0 Å². The van der Waals surface area contributed by atoms with Crippen molar-refractivity contribution < 1.29 is 9.26 Å². The fraction of sp³-hybridized carbons (Fsp3) is 0.222. The number of fused-ring (bicyclic) bond motifs is 1. The maximum Gasteiger partial charge on any atom is 0.280 e. The van der Waals surface area contributed by atoms with Crippen LogP contribution < -0.4 is 0 Å². The number of hydrogen-bond donors (Lipinski definition) is 0. The van der Waals surface area contributed by atoms with Crippen LogP contribution in [0.3, 0.4) is 0 Å². The number of ether oxygens (including phenoxy) is 1. The summed E-state index contributed by atoms with van der Waals surface area (Å²) in [5.74, 6) is 0.968. The van der Waals surface area contributed by atoms with Gasteiger partial charge in [0.2, 0.25) is 0 Å². The van der Waals surface area contributed by atoms with Gasteiger partial charge in [0.1, 0.15) is 0 Å². The van der Waals surface area contributed by atoms with Crippen LogP contribution in [0.2, 0.25) is 0 Å². The Morgan fingerprint density at radius 3 is 2.92 bits per heavy atom. The van der Waals surface area contributed by atoms with E-state index in [1.54, 1.807) is 11.8 Å². The van der Waals surface area contributed by atoms with Gasteiger partial charge in [0.05, 0.1) is 19.3 Å². The van der Waals surface area contributed by atoms with Gasteiger partial charge < -0.3 is 9.26 Å². The van der Waals surface area contributed by atoms with E-state index in [4.69, 9.17) is 9.26 Å². The summed E-state index contributed by atoms with van der Waals surface area (Å²) in [6.45, 7) is 1.17. The average molecular weight is 335 g/mol. The number of aromatic nitrogens is 5. The highest BCUT2D eigenvalue weighted by molar-refractivity contribution is 5.85. The van der Waals surface area contributed by atoms with Crippen molar-refractivity contribution >= 4 is 10.8 Å². The SMILES string of the molecule is COCCc1noc(-c2cn(Cc3cccc4ccccc34)nn2)n1. The Hall–Kier alpha value is -3.06. The summed E-state index contributed by atoms with van der Waals surface area (Å²) in [6.07, 6.45) is 2.42. The van der Waals surface area contributed by atoms with Crippen LogP contribution in [0.4, 0.5) is 0 Å². The lowest BCUT2D eigenvalue weighted by molar-refractivity contribution is 0.199. The Morgan fingerprint density at radius 1 is 1.12 bits per heavy atom. The van der Waals surface area contributed by atoms with Crippen molar-refractivity contribution in [3.05, 3.63) is 60.0 Å². The first-order chi connectivity index (χ1) is 12.3. The van der Waals surface area contributed by atoms with Crippen LogP contribution in [-0.4, -0.2) is 38.9 Å². The van der Waals surface area contributed by atoms with E-state index in [-0.39, 0.29) is 0 Å². The fourth-order valence-electron chi connectivity index (χ4n) is 2.73. The van der Waals surface area contributed by atoms with E-state index in [2.05, 4.69) is 50.8 Å². The highest BCUT2D eigenvalue weighted by Crippen LogP contribution is 2.20. The van der Waals surface area contributed by atoms with Crippen molar-refractivity contribution in [2.75, 3.05) is 13.7 Å². The fourth-order valence-corrected chi connectivity index (χ4v) is 2.73. The third-order valence-corrected chi connectivity index (χ3v) is 3.97. The van der Waals surface area contributed by atoms with E-state index in [1.165, 1.54) is 16.3 Å².